The summed E-state index contributed by atoms with van der Waals surface area (Å²) in [4.78, 5) is 31.8. The number of nitrogens with one attached hydrogen (secondary N) is 1. The van der Waals surface area contributed by atoms with E-state index in [4.69, 9.17) is 4.74 Å². The summed E-state index contributed by atoms with van der Waals surface area (Å²) in [7, 11) is 0. The standard InChI is InChI=1S/C22H32N4O3/c1-22(2,3)25-8-6-18(7-9-25)26-15-17-5-4-16(14-19(17)23-21(26)28)20(27)24-10-12-29-13-11-24/h4-5,14,18H,6-13,15H2,1-3H3,(H,23,28). The highest BCUT2D eigenvalue weighted by Gasteiger charge is 2.34. The van der Waals surface area contributed by atoms with Crippen molar-refractivity contribution in [2.45, 2.75) is 51.7 Å². The molecular formula is C22H32N4O3. The Hall–Kier alpha value is -2.12. The van der Waals surface area contributed by atoms with Crippen molar-refractivity contribution in [3.05, 3.63) is 29.3 Å². The van der Waals surface area contributed by atoms with E-state index < -0.39 is 0 Å². The topological polar surface area (TPSA) is 65.1 Å². The van der Waals surface area contributed by atoms with E-state index in [-0.39, 0.29) is 23.5 Å². The number of urea groups is 1. The van der Waals surface area contributed by atoms with Gasteiger partial charge in [0.15, 0.2) is 0 Å². The normalized spacial score (nSPS) is 21.7. The smallest absolute Gasteiger partial charge is 0.322 e. The number of hydrogen-bond donors (Lipinski definition) is 1. The van der Waals surface area contributed by atoms with Crippen LogP contribution in [0, 0.1) is 0 Å². The number of ether oxygens (including phenoxy) is 1. The second-order valence-corrected chi connectivity index (χ2v) is 9.22. The lowest BCUT2D eigenvalue weighted by Crippen LogP contribution is -2.53. The van der Waals surface area contributed by atoms with Gasteiger partial charge in [0.05, 0.1) is 13.2 Å². The van der Waals surface area contributed by atoms with E-state index in [1.54, 1.807) is 0 Å². The van der Waals surface area contributed by atoms with Crippen LogP contribution in [-0.2, 0) is 11.3 Å². The second-order valence-electron chi connectivity index (χ2n) is 9.22. The van der Waals surface area contributed by atoms with Gasteiger partial charge < -0.3 is 19.9 Å². The van der Waals surface area contributed by atoms with Crippen molar-refractivity contribution in [1.82, 2.24) is 14.7 Å². The van der Waals surface area contributed by atoms with E-state index in [0.717, 1.165) is 37.2 Å². The van der Waals surface area contributed by atoms with Gasteiger partial charge >= 0.3 is 6.03 Å². The van der Waals surface area contributed by atoms with E-state index >= 15 is 0 Å². The predicted octanol–water partition coefficient (Wildman–Crippen LogP) is 2.77. The molecule has 0 aromatic heterocycles. The van der Waals surface area contributed by atoms with Crippen LogP contribution in [0.25, 0.3) is 0 Å². The van der Waals surface area contributed by atoms with Crippen LogP contribution in [0.1, 0.15) is 49.5 Å². The Labute approximate surface area is 173 Å². The van der Waals surface area contributed by atoms with Gasteiger partial charge in [-0.2, -0.15) is 0 Å². The molecule has 2 fully saturated rings. The van der Waals surface area contributed by atoms with Gasteiger partial charge in [0.1, 0.15) is 0 Å². The zero-order valence-corrected chi connectivity index (χ0v) is 17.7. The van der Waals surface area contributed by atoms with E-state index in [2.05, 4.69) is 31.0 Å². The first-order valence-electron chi connectivity index (χ1n) is 10.7. The van der Waals surface area contributed by atoms with Crippen molar-refractivity contribution < 1.29 is 14.3 Å². The fourth-order valence-corrected chi connectivity index (χ4v) is 4.50. The van der Waals surface area contributed by atoms with Gasteiger partial charge in [-0.1, -0.05) is 6.07 Å². The third-order valence-corrected chi connectivity index (χ3v) is 6.35. The van der Waals surface area contributed by atoms with Crippen molar-refractivity contribution in [2.24, 2.45) is 0 Å². The van der Waals surface area contributed by atoms with Crippen molar-refractivity contribution in [3.63, 3.8) is 0 Å². The Kier molecular flexibility index (Phi) is 5.53. The summed E-state index contributed by atoms with van der Waals surface area (Å²) >= 11 is 0. The molecule has 158 valence electrons. The van der Waals surface area contributed by atoms with Crippen LogP contribution in [-0.4, -0.2) is 77.6 Å². The molecule has 0 saturated carbocycles. The number of benzene rings is 1. The van der Waals surface area contributed by atoms with E-state index in [0.29, 0.717) is 38.4 Å². The van der Waals surface area contributed by atoms with Gasteiger partial charge in [-0.15, -0.1) is 0 Å². The molecule has 0 spiro atoms. The van der Waals surface area contributed by atoms with Crippen LogP contribution in [0.3, 0.4) is 0 Å². The number of likely N-dealkylation sites (tertiary alicyclic amines) is 1. The number of hydrogen-bond acceptors (Lipinski definition) is 4. The maximum atomic E-state index is 12.8. The molecule has 1 N–H and O–H groups in total. The molecule has 1 aromatic carbocycles. The largest absolute Gasteiger partial charge is 0.378 e. The van der Waals surface area contributed by atoms with Gasteiger partial charge in [-0.3, -0.25) is 9.69 Å². The Morgan fingerprint density at radius 2 is 1.79 bits per heavy atom. The first kappa shape index (κ1) is 20.2. The minimum Gasteiger partial charge on any atom is -0.378 e. The zero-order chi connectivity index (χ0) is 20.6. The fraction of sp³-hybridized carbons (Fsp3) is 0.636. The Morgan fingerprint density at radius 1 is 1.10 bits per heavy atom. The van der Waals surface area contributed by atoms with Gasteiger partial charge in [-0.05, 0) is 51.3 Å². The molecule has 2 saturated heterocycles. The predicted molar refractivity (Wildman–Crippen MR) is 112 cm³/mol. The number of anilines is 1. The lowest BCUT2D eigenvalue weighted by Gasteiger charge is -2.44. The quantitative estimate of drug-likeness (QED) is 0.829. The molecular weight excluding hydrogens is 368 g/mol. The Bertz CT molecular complexity index is 775. The zero-order valence-electron chi connectivity index (χ0n) is 17.7. The van der Waals surface area contributed by atoms with Crippen molar-refractivity contribution >= 4 is 17.6 Å². The van der Waals surface area contributed by atoms with Crippen molar-refractivity contribution in [3.8, 4) is 0 Å². The number of morpholine rings is 1. The van der Waals surface area contributed by atoms with E-state index in [1.165, 1.54) is 0 Å². The van der Waals surface area contributed by atoms with Gasteiger partial charge in [0, 0.05) is 55.6 Å². The molecule has 3 amide bonds. The van der Waals surface area contributed by atoms with Crippen LogP contribution < -0.4 is 5.32 Å². The molecule has 3 heterocycles. The highest BCUT2D eigenvalue weighted by molar-refractivity contribution is 5.98. The SMILES string of the molecule is CC(C)(C)N1CCC(N2Cc3ccc(C(=O)N4CCOCC4)cc3NC2=O)CC1. The van der Waals surface area contributed by atoms with Gasteiger partial charge in [0.25, 0.3) is 5.91 Å². The number of rotatable bonds is 2. The summed E-state index contributed by atoms with van der Waals surface area (Å²) in [6, 6.07) is 5.90. The monoisotopic (exact) mass is 400 g/mol. The number of carbonyl (C=O) groups is 2. The molecule has 7 nitrogen and oxygen atoms in total. The average Bonchev–Trinajstić information content (AvgIpc) is 2.72. The highest BCUT2D eigenvalue weighted by atomic mass is 16.5. The van der Waals surface area contributed by atoms with Crippen molar-refractivity contribution in [2.75, 3.05) is 44.7 Å². The third-order valence-electron chi connectivity index (χ3n) is 6.35. The number of piperidine rings is 1. The Morgan fingerprint density at radius 3 is 2.45 bits per heavy atom. The molecule has 3 aliphatic rings. The second kappa shape index (κ2) is 7.95. The Balaban J connectivity index is 1.43. The average molecular weight is 401 g/mol. The van der Waals surface area contributed by atoms with Crippen LogP contribution >= 0.6 is 0 Å². The third kappa shape index (κ3) is 4.26. The lowest BCUT2D eigenvalue weighted by molar-refractivity contribution is 0.0303. The molecule has 4 rings (SSSR count). The first-order valence-corrected chi connectivity index (χ1v) is 10.7. The number of amides is 3. The maximum absolute atomic E-state index is 12.8. The molecule has 3 aliphatic heterocycles. The molecule has 0 atom stereocenters. The minimum absolute atomic E-state index is 0.00216. The molecule has 7 heteroatoms. The molecule has 0 radical (unpaired) electrons. The van der Waals surface area contributed by atoms with Crippen LogP contribution in [0.5, 0.6) is 0 Å². The van der Waals surface area contributed by atoms with Gasteiger partial charge in [-0.25, -0.2) is 4.79 Å². The summed E-state index contributed by atoms with van der Waals surface area (Å²) in [5, 5.41) is 3.02. The van der Waals surface area contributed by atoms with E-state index in [1.807, 2.05) is 28.0 Å². The van der Waals surface area contributed by atoms with Crippen LogP contribution in [0.15, 0.2) is 18.2 Å². The summed E-state index contributed by atoms with van der Waals surface area (Å²) in [6.45, 7) is 11.7. The van der Waals surface area contributed by atoms with Crippen LogP contribution in [0.4, 0.5) is 10.5 Å². The fourth-order valence-electron chi connectivity index (χ4n) is 4.50. The number of nitrogens with zero attached hydrogens (tertiary/aromatic N) is 3. The number of fused-ring (bicyclic) bond motifs is 1. The van der Waals surface area contributed by atoms with E-state index in [9.17, 15) is 9.59 Å². The van der Waals surface area contributed by atoms with Crippen molar-refractivity contribution in [1.29, 1.82) is 0 Å². The van der Waals surface area contributed by atoms with Gasteiger partial charge in [0.2, 0.25) is 0 Å². The van der Waals surface area contributed by atoms with Crippen LogP contribution in [0.2, 0.25) is 0 Å². The molecule has 29 heavy (non-hydrogen) atoms. The minimum atomic E-state index is -0.0531. The number of carbonyl (C=O) groups excluding carboxylic acids is 2. The maximum Gasteiger partial charge on any atom is 0.322 e. The summed E-state index contributed by atoms with van der Waals surface area (Å²) < 4.78 is 5.33. The molecule has 0 aliphatic carbocycles. The molecule has 0 unspecified atom stereocenters. The summed E-state index contributed by atoms with van der Waals surface area (Å²) in [6.07, 6.45) is 1.99. The molecule has 0 bridgehead atoms. The molecule has 1 aromatic rings. The highest BCUT2D eigenvalue weighted by Crippen LogP contribution is 2.30. The summed E-state index contributed by atoms with van der Waals surface area (Å²) in [5.41, 5.74) is 2.63. The summed E-state index contributed by atoms with van der Waals surface area (Å²) in [5.74, 6) is 0.00216. The lowest BCUT2D eigenvalue weighted by atomic mass is 9.96. The first-order chi connectivity index (χ1) is 13.8.